The number of amides is 1. The Bertz CT molecular complexity index is 1530. The maximum Gasteiger partial charge on any atom is 0.247 e. The number of fused-ring (bicyclic) bond motifs is 1. The third-order valence-corrected chi connectivity index (χ3v) is 6.28. The van der Waals surface area contributed by atoms with Crippen LogP contribution in [0, 0.1) is 11.6 Å². The first-order chi connectivity index (χ1) is 18.6. The second kappa shape index (κ2) is 11.5. The minimum Gasteiger partial charge on any atom is -0.494 e. The maximum absolute atomic E-state index is 14.8. The molecule has 0 spiro atoms. The van der Waals surface area contributed by atoms with Crippen LogP contribution in [0.25, 0.3) is 22.2 Å². The molecule has 11 heteroatoms. The number of halogens is 2. The van der Waals surface area contributed by atoms with Gasteiger partial charge in [-0.15, -0.1) is 0 Å². The van der Waals surface area contributed by atoms with Crippen molar-refractivity contribution in [1.29, 1.82) is 0 Å². The van der Waals surface area contributed by atoms with E-state index in [0.29, 0.717) is 40.4 Å². The first-order valence-corrected chi connectivity index (χ1v) is 12.2. The lowest BCUT2D eigenvalue weighted by Crippen LogP contribution is -2.29. The first kappa shape index (κ1) is 27.5. The molecule has 0 aliphatic rings. The Morgan fingerprint density at radius 3 is 2.62 bits per heavy atom. The molecule has 39 heavy (non-hydrogen) atoms. The molecule has 4 aromatic rings. The van der Waals surface area contributed by atoms with Crippen LogP contribution in [0.2, 0.25) is 0 Å². The van der Waals surface area contributed by atoms with Gasteiger partial charge in [0.2, 0.25) is 11.9 Å². The number of rotatable bonds is 10. The van der Waals surface area contributed by atoms with Crippen molar-refractivity contribution in [2.75, 3.05) is 56.9 Å². The number of carbonyl (C=O) groups excluding carboxylic acids is 1. The van der Waals surface area contributed by atoms with E-state index >= 15 is 0 Å². The SMILES string of the molecule is C=CC(=O)Nc1cc(Nc2nccc(-c3cn(C)c4ccc(F)c(F)c34)n2)c(OC)cc1N(C)CCN(C)C. The zero-order chi connectivity index (χ0) is 28.3. The van der Waals surface area contributed by atoms with E-state index in [1.165, 1.54) is 25.4 Å². The smallest absolute Gasteiger partial charge is 0.247 e. The second-order valence-corrected chi connectivity index (χ2v) is 9.29. The minimum atomic E-state index is -0.936. The van der Waals surface area contributed by atoms with Crippen molar-refractivity contribution in [2.24, 2.45) is 7.05 Å². The van der Waals surface area contributed by atoms with E-state index in [0.717, 1.165) is 18.3 Å². The molecular weight excluding hydrogens is 504 g/mol. The number of hydrogen-bond donors (Lipinski definition) is 2. The van der Waals surface area contributed by atoms with E-state index in [1.54, 1.807) is 29.9 Å². The fourth-order valence-electron chi connectivity index (χ4n) is 4.21. The number of likely N-dealkylation sites (N-methyl/N-ethyl adjacent to an activating group) is 2. The number of hydrogen-bond acceptors (Lipinski definition) is 7. The molecule has 2 aromatic heterocycles. The number of methoxy groups -OCH3 is 1. The number of anilines is 4. The Morgan fingerprint density at radius 2 is 1.92 bits per heavy atom. The normalized spacial score (nSPS) is 11.1. The summed E-state index contributed by atoms with van der Waals surface area (Å²) in [6, 6.07) is 7.79. The Morgan fingerprint density at radius 1 is 1.15 bits per heavy atom. The topological polar surface area (TPSA) is 87.5 Å². The van der Waals surface area contributed by atoms with Gasteiger partial charge in [-0.3, -0.25) is 4.79 Å². The van der Waals surface area contributed by atoms with Crippen LogP contribution >= 0.6 is 0 Å². The van der Waals surface area contributed by atoms with Crippen molar-refractivity contribution in [3.63, 3.8) is 0 Å². The van der Waals surface area contributed by atoms with E-state index in [2.05, 4.69) is 32.1 Å². The Balaban J connectivity index is 1.74. The number of carbonyl (C=O) groups is 1. The molecule has 0 saturated heterocycles. The number of aromatic nitrogens is 3. The van der Waals surface area contributed by atoms with Gasteiger partial charge in [0.05, 0.1) is 35.4 Å². The third-order valence-electron chi connectivity index (χ3n) is 6.28. The highest BCUT2D eigenvalue weighted by atomic mass is 19.2. The molecule has 4 rings (SSSR count). The van der Waals surface area contributed by atoms with E-state index in [-0.39, 0.29) is 17.2 Å². The molecule has 204 valence electrons. The van der Waals surface area contributed by atoms with Crippen LogP contribution in [-0.2, 0) is 11.8 Å². The van der Waals surface area contributed by atoms with Crippen LogP contribution in [0.1, 0.15) is 0 Å². The number of aryl methyl sites for hydroxylation is 1. The van der Waals surface area contributed by atoms with Gasteiger partial charge in [-0.05, 0) is 44.4 Å². The highest BCUT2D eigenvalue weighted by Crippen LogP contribution is 2.38. The predicted molar refractivity (Wildman–Crippen MR) is 151 cm³/mol. The zero-order valence-electron chi connectivity index (χ0n) is 22.5. The predicted octanol–water partition coefficient (Wildman–Crippen LogP) is 4.79. The van der Waals surface area contributed by atoms with Crippen LogP contribution in [0.4, 0.5) is 31.8 Å². The maximum atomic E-state index is 14.8. The molecule has 2 N–H and O–H groups in total. The van der Waals surface area contributed by atoms with E-state index in [4.69, 9.17) is 4.74 Å². The van der Waals surface area contributed by atoms with Gasteiger partial charge in [-0.2, -0.15) is 0 Å². The summed E-state index contributed by atoms with van der Waals surface area (Å²) in [6.07, 6.45) is 4.41. The van der Waals surface area contributed by atoms with Crippen LogP contribution < -0.4 is 20.3 Å². The Hall–Kier alpha value is -4.51. The molecule has 0 saturated carbocycles. The molecule has 0 aliphatic heterocycles. The van der Waals surface area contributed by atoms with E-state index in [9.17, 15) is 13.6 Å². The number of nitrogens with zero attached hydrogens (tertiary/aromatic N) is 5. The summed E-state index contributed by atoms with van der Waals surface area (Å²) in [5.41, 5.74) is 3.15. The fourth-order valence-corrected chi connectivity index (χ4v) is 4.21. The monoisotopic (exact) mass is 535 g/mol. The molecule has 0 fully saturated rings. The standard InChI is InChI=1S/C28H31F2N7O2/c1-7-25(38)32-20-14-21(24(39-6)15-23(20)36(4)13-12-35(2)3)34-28-31-11-10-19(33-28)17-16-37(5)22-9-8-18(29)27(30)26(17)22/h7-11,14-16H,1,12-13H2,2-6H3,(H,32,38)(H,31,33,34). The largest absolute Gasteiger partial charge is 0.494 e. The van der Waals surface area contributed by atoms with Gasteiger partial charge >= 0.3 is 0 Å². The van der Waals surface area contributed by atoms with Crippen molar-refractivity contribution in [1.82, 2.24) is 19.4 Å². The van der Waals surface area contributed by atoms with Crippen molar-refractivity contribution in [3.8, 4) is 17.0 Å². The van der Waals surface area contributed by atoms with Gasteiger partial charge in [0.1, 0.15) is 5.75 Å². The third kappa shape index (κ3) is 5.83. The molecule has 1 amide bonds. The lowest BCUT2D eigenvalue weighted by molar-refractivity contribution is -0.111. The molecule has 0 atom stereocenters. The highest BCUT2D eigenvalue weighted by Gasteiger charge is 2.19. The molecule has 2 aromatic carbocycles. The molecule has 0 aliphatic carbocycles. The molecule has 2 heterocycles. The van der Waals surface area contributed by atoms with Gasteiger partial charge in [0.25, 0.3) is 0 Å². The molecule has 0 radical (unpaired) electrons. The van der Waals surface area contributed by atoms with Gasteiger partial charge in [-0.1, -0.05) is 6.58 Å². The summed E-state index contributed by atoms with van der Waals surface area (Å²) in [7, 11) is 9.19. The van der Waals surface area contributed by atoms with Crippen LogP contribution in [-0.4, -0.2) is 66.7 Å². The summed E-state index contributed by atoms with van der Waals surface area (Å²) in [4.78, 5) is 25.2. The fraction of sp³-hybridized carbons (Fsp3) is 0.250. The quantitative estimate of drug-likeness (QED) is 0.283. The van der Waals surface area contributed by atoms with Crippen molar-refractivity contribution >= 4 is 39.8 Å². The van der Waals surface area contributed by atoms with Gasteiger partial charge in [-0.25, -0.2) is 18.7 Å². The average Bonchev–Trinajstić information content (AvgIpc) is 3.26. The summed E-state index contributed by atoms with van der Waals surface area (Å²) in [5.74, 6) is -1.54. The van der Waals surface area contributed by atoms with Crippen molar-refractivity contribution < 1.29 is 18.3 Å². The molecule has 0 bridgehead atoms. The van der Waals surface area contributed by atoms with Crippen LogP contribution in [0.15, 0.2) is 55.4 Å². The summed E-state index contributed by atoms with van der Waals surface area (Å²) < 4.78 is 36.2. The summed E-state index contributed by atoms with van der Waals surface area (Å²) >= 11 is 0. The van der Waals surface area contributed by atoms with Crippen LogP contribution in [0.3, 0.4) is 0 Å². The second-order valence-electron chi connectivity index (χ2n) is 9.29. The van der Waals surface area contributed by atoms with Gasteiger partial charge in [0.15, 0.2) is 11.6 Å². The summed E-state index contributed by atoms with van der Waals surface area (Å²) in [5, 5.41) is 6.12. The number of benzene rings is 2. The average molecular weight is 536 g/mol. The Labute approximate surface area is 225 Å². The van der Waals surface area contributed by atoms with E-state index < -0.39 is 11.6 Å². The summed E-state index contributed by atoms with van der Waals surface area (Å²) in [6.45, 7) is 5.04. The molecular formula is C28H31F2N7O2. The first-order valence-electron chi connectivity index (χ1n) is 12.2. The van der Waals surface area contributed by atoms with Gasteiger partial charge < -0.3 is 29.7 Å². The van der Waals surface area contributed by atoms with Crippen molar-refractivity contribution in [2.45, 2.75) is 0 Å². The lowest BCUT2D eigenvalue weighted by atomic mass is 10.1. The van der Waals surface area contributed by atoms with E-state index in [1.807, 2.05) is 32.1 Å². The van der Waals surface area contributed by atoms with Gasteiger partial charge in [0, 0.05) is 56.6 Å². The number of nitrogens with one attached hydrogen (secondary N) is 2. The number of ether oxygens (including phenoxy) is 1. The minimum absolute atomic E-state index is 0.138. The molecule has 0 unspecified atom stereocenters. The zero-order valence-corrected chi connectivity index (χ0v) is 22.5. The van der Waals surface area contributed by atoms with Crippen molar-refractivity contribution in [3.05, 3.63) is 67.0 Å². The highest BCUT2D eigenvalue weighted by molar-refractivity contribution is 6.02. The van der Waals surface area contributed by atoms with Crippen LogP contribution in [0.5, 0.6) is 5.75 Å². The molecule has 9 nitrogen and oxygen atoms in total. The Kier molecular flexibility index (Phi) is 8.10. The lowest BCUT2D eigenvalue weighted by Gasteiger charge is -2.26.